The van der Waals surface area contributed by atoms with E-state index in [-0.39, 0.29) is 19.0 Å². The van der Waals surface area contributed by atoms with Crippen molar-refractivity contribution in [2.24, 2.45) is 0 Å². The number of benzene rings is 2. The fourth-order valence-electron chi connectivity index (χ4n) is 3.47. The minimum atomic E-state index is -3.74. The molecule has 0 heterocycles. The Kier molecular flexibility index (Phi) is 9.05. The van der Waals surface area contributed by atoms with Gasteiger partial charge in [0.2, 0.25) is 21.8 Å². The molecule has 2 rings (SSSR count). The lowest BCUT2D eigenvalue weighted by Gasteiger charge is -2.32. The molecule has 0 fully saturated rings. The highest BCUT2D eigenvalue weighted by Gasteiger charge is 2.30. The van der Waals surface area contributed by atoms with Gasteiger partial charge < -0.3 is 10.2 Å². The summed E-state index contributed by atoms with van der Waals surface area (Å²) in [5.41, 5.74) is 4.13. The van der Waals surface area contributed by atoms with E-state index in [2.05, 4.69) is 5.32 Å². The molecule has 0 aliphatic rings. The van der Waals surface area contributed by atoms with Gasteiger partial charge in [-0.2, -0.15) is 0 Å². The SMILES string of the molecule is CCCNC(=O)[C@H](C)N(Cc1ccc(C)cc1)C(=O)CN(c1cccc(C)c1C)S(C)(=O)=O. The molecule has 180 valence electrons. The van der Waals surface area contributed by atoms with Crippen LogP contribution >= 0.6 is 0 Å². The predicted octanol–water partition coefficient (Wildman–Crippen LogP) is 3.32. The maximum absolute atomic E-state index is 13.5. The van der Waals surface area contributed by atoms with Gasteiger partial charge in [-0.15, -0.1) is 0 Å². The van der Waals surface area contributed by atoms with Crippen molar-refractivity contribution < 1.29 is 18.0 Å². The average Bonchev–Trinajstić information content (AvgIpc) is 2.76. The van der Waals surface area contributed by atoms with Crippen LogP contribution in [0.25, 0.3) is 0 Å². The van der Waals surface area contributed by atoms with E-state index in [0.29, 0.717) is 12.2 Å². The highest BCUT2D eigenvalue weighted by molar-refractivity contribution is 7.92. The van der Waals surface area contributed by atoms with Crippen molar-refractivity contribution in [1.82, 2.24) is 10.2 Å². The van der Waals surface area contributed by atoms with Crippen molar-refractivity contribution in [2.75, 3.05) is 23.7 Å². The molecule has 7 nitrogen and oxygen atoms in total. The number of carbonyl (C=O) groups is 2. The van der Waals surface area contributed by atoms with Gasteiger partial charge in [0.05, 0.1) is 11.9 Å². The lowest BCUT2D eigenvalue weighted by Crippen LogP contribution is -2.51. The Hall–Kier alpha value is -2.87. The maximum Gasteiger partial charge on any atom is 0.244 e. The minimum absolute atomic E-state index is 0.199. The van der Waals surface area contributed by atoms with Crippen molar-refractivity contribution in [1.29, 1.82) is 0 Å². The first kappa shape index (κ1) is 26.4. The number of hydrogen-bond acceptors (Lipinski definition) is 4. The number of anilines is 1. The normalized spacial score (nSPS) is 12.2. The molecule has 2 amide bonds. The van der Waals surface area contributed by atoms with E-state index in [4.69, 9.17) is 0 Å². The van der Waals surface area contributed by atoms with E-state index in [1.807, 2.05) is 58.0 Å². The minimum Gasteiger partial charge on any atom is -0.354 e. The molecule has 0 radical (unpaired) electrons. The monoisotopic (exact) mass is 473 g/mol. The Bertz CT molecular complexity index is 1080. The number of sulfonamides is 1. The number of nitrogens with zero attached hydrogens (tertiary/aromatic N) is 2. The number of amides is 2. The zero-order valence-electron chi connectivity index (χ0n) is 20.4. The molecule has 2 aromatic carbocycles. The number of hydrogen-bond donors (Lipinski definition) is 1. The van der Waals surface area contributed by atoms with Crippen LogP contribution < -0.4 is 9.62 Å². The average molecular weight is 474 g/mol. The van der Waals surface area contributed by atoms with E-state index in [1.165, 1.54) is 4.90 Å². The van der Waals surface area contributed by atoms with Crippen LogP contribution in [-0.4, -0.2) is 50.5 Å². The van der Waals surface area contributed by atoms with E-state index in [9.17, 15) is 18.0 Å². The Balaban J connectivity index is 2.40. The Morgan fingerprint density at radius 3 is 2.24 bits per heavy atom. The van der Waals surface area contributed by atoms with Crippen LogP contribution in [0.5, 0.6) is 0 Å². The number of carbonyl (C=O) groups excluding carboxylic acids is 2. The summed E-state index contributed by atoms with van der Waals surface area (Å²) in [5.74, 6) is -0.712. The smallest absolute Gasteiger partial charge is 0.244 e. The third kappa shape index (κ3) is 7.05. The molecule has 1 N–H and O–H groups in total. The second kappa shape index (κ2) is 11.3. The number of nitrogens with one attached hydrogen (secondary N) is 1. The predicted molar refractivity (Wildman–Crippen MR) is 133 cm³/mol. The summed E-state index contributed by atoms with van der Waals surface area (Å²) in [5, 5.41) is 2.83. The summed E-state index contributed by atoms with van der Waals surface area (Å²) in [4.78, 5) is 27.7. The van der Waals surface area contributed by atoms with Gasteiger partial charge in [-0.25, -0.2) is 8.42 Å². The second-order valence-corrected chi connectivity index (χ2v) is 10.4. The Morgan fingerprint density at radius 1 is 1.03 bits per heavy atom. The Labute approximate surface area is 197 Å². The van der Waals surface area contributed by atoms with Crippen molar-refractivity contribution in [3.8, 4) is 0 Å². The van der Waals surface area contributed by atoms with Gasteiger partial charge in [0.1, 0.15) is 12.6 Å². The lowest BCUT2D eigenvalue weighted by molar-refractivity contribution is -0.139. The third-order valence-electron chi connectivity index (χ3n) is 5.71. The molecule has 0 saturated heterocycles. The van der Waals surface area contributed by atoms with Gasteiger partial charge >= 0.3 is 0 Å². The molecule has 0 aliphatic heterocycles. The van der Waals surface area contributed by atoms with Crippen LogP contribution in [0.2, 0.25) is 0 Å². The van der Waals surface area contributed by atoms with Crippen LogP contribution in [0.3, 0.4) is 0 Å². The molecule has 0 aromatic heterocycles. The first-order valence-electron chi connectivity index (χ1n) is 11.1. The molecule has 33 heavy (non-hydrogen) atoms. The van der Waals surface area contributed by atoms with Crippen molar-refractivity contribution in [3.05, 3.63) is 64.7 Å². The first-order valence-corrected chi connectivity index (χ1v) is 13.0. The first-order chi connectivity index (χ1) is 15.5. The van der Waals surface area contributed by atoms with E-state index in [0.717, 1.165) is 39.2 Å². The molecular formula is C25H35N3O4S. The molecule has 1 atom stereocenters. The van der Waals surface area contributed by atoms with Gasteiger partial charge in [-0.05, 0) is 56.9 Å². The number of rotatable bonds is 10. The number of aryl methyl sites for hydroxylation is 2. The molecule has 0 bridgehead atoms. The zero-order chi connectivity index (χ0) is 24.8. The van der Waals surface area contributed by atoms with Crippen LogP contribution in [0.1, 0.15) is 42.5 Å². The third-order valence-corrected chi connectivity index (χ3v) is 6.84. The molecule has 0 unspecified atom stereocenters. The topological polar surface area (TPSA) is 86.8 Å². The molecule has 0 aliphatic carbocycles. The fraction of sp³-hybridized carbons (Fsp3) is 0.440. The van der Waals surface area contributed by atoms with E-state index in [1.54, 1.807) is 19.1 Å². The summed E-state index contributed by atoms with van der Waals surface area (Å²) in [6.45, 7) is 9.64. The highest BCUT2D eigenvalue weighted by Crippen LogP contribution is 2.25. The van der Waals surface area contributed by atoms with E-state index >= 15 is 0 Å². The quantitative estimate of drug-likeness (QED) is 0.574. The highest BCUT2D eigenvalue weighted by atomic mass is 32.2. The molecule has 2 aromatic rings. The second-order valence-electron chi connectivity index (χ2n) is 8.46. The summed E-state index contributed by atoms with van der Waals surface area (Å²) in [6, 6.07) is 12.3. The van der Waals surface area contributed by atoms with Gasteiger partial charge in [-0.3, -0.25) is 13.9 Å². The summed E-state index contributed by atoms with van der Waals surface area (Å²) in [7, 11) is -3.74. The van der Waals surface area contributed by atoms with Gasteiger partial charge in [0, 0.05) is 13.1 Å². The van der Waals surface area contributed by atoms with Crippen LogP contribution in [0.4, 0.5) is 5.69 Å². The molecule has 0 spiro atoms. The van der Waals surface area contributed by atoms with Gasteiger partial charge in [0.15, 0.2) is 0 Å². The Morgan fingerprint density at radius 2 is 1.67 bits per heavy atom. The summed E-state index contributed by atoms with van der Waals surface area (Å²) in [6.07, 6.45) is 1.86. The van der Waals surface area contributed by atoms with E-state index < -0.39 is 22.0 Å². The molecular weight excluding hydrogens is 438 g/mol. The molecule has 8 heteroatoms. The van der Waals surface area contributed by atoms with Crippen LogP contribution in [0, 0.1) is 20.8 Å². The maximum atomic E-state index is 13.5. The van der Waals surface area contributed by atoms with Crippen LogP contribution in [0.15, 0.2) is 42.5 Å². The summed E-state index contributed by atoms with van der Waals surface area (Å²) < 4.78 is 26.5. The lowest BCUT2D eigenvalue weighted by atomic mass is 10.1. The van der Waals surface area contributed by atoms with Crippen molar-refractivity contribution in [2.45, 2.75) is 53.6 Å². The summed E-state index contributed by atoms with van der Waals surface area (Å²) >= 11 is 0. The van der Waals surface area contributed by atoms with Crippen molar-refractivity contribution >= 4 is 27.5 Å². The largest absolute Gasteiger partial charge is 0.354 e. The van der Waals surface area contributed by atoms with Crippen molar-refractivity contribution in [3.63, 3.8) is 0 Å². The fourth-order valence-corrected chi connectivity index (χ4v) is 4.37. The standard InChI is InChI=1S/C25H35N3O4S/c1-7-15-26-25(30)21(5)27(16-22-13-11-18(2)12-14-22)24(29)17-28(33(6,31)32)23-10-8-9-19(3)20(23)4/h8-14,21H,7,15-17H2,1-6H3,(H,26,30)/t21-/m0/s1. The van der Waals surface area contributed by atoms with Gasteiger partial charge in [-0.1, -0.05) is 48.9 Å². The van der Waals surface area contributed by atoms with Crippen LogP contribution in [-0.2, 0) is 26.2 Å². The molecule has 0 saturated carbocycles. The van der Waals surface area contributed by atoms with Gasteiger partial charge in [0.25, 0.3) is 0 Å². The zero-order valence-corrected chi connectivity index (χ0v) is 21.2.